The molecule has 1 rings (SSSR count). The van der Waals surface area contributed by atoms with Crippen molar-refractivity contribution in [3.63, 3.8) is 0 Å². The van der Waals surface area contributed by atoms with Gasteiger partial charge >= 0.3 is 65.1 Å². The first kappa shape index (κ1) is 15.7. The standard InChI is InChI=1S/C7H5NO3.2Na.2H/c9-7(11-8-10)6-4-2-1-3-5-6;;;;/h1-5H;;;;. The van der Waals surface area contributed by atoms with Crippen molar-refractivity contribution in [3.05, 3.63) is 40.8 Å². The molecule has 0 heterocycles. The van der Waals surface area contributed by atoms with Crippen LogP contribution < -0.4 is 0 Å². The van der Waals surface area contributed by atoms with Crippen LogP contribution in [-0.2, 0) is 4.84 Å². The molecule has 4 nitrogen and oxygen atoms in total. The second-order valence-electron chi connectivity index (χ2n) is 1.82. The van der Waals surface area contributed by atoms with Crippen LogP contribution in [-0.4, -0.2) is 65.1 Å². The van der Waals surface area contributed by atoms with Gasteiger partial charge in [-0.05, 0) is 12.1 Å². The maximum absolute atomic E-state index is 10.7. The van der Waals surface area contributed by atoms with Crippen LogP contribution >= 0.6 is 0 Å². The van der Waals surface area contributed by atoms with Crippen molar-refractivity contribution in [1.29, 1.82) is 0 Å². The predicted octanol–water partition coefficient (Wildman–Crippen LogP) is 0.228. The van der Waals surface area contributed by atoms with Crippen molar-refractivity contribution in [2.24, 2.45) is 5.34 Å². The molecule has 13 heavy (non-hydrogen) atoms. The first-order valence-electron chi connectivity index (χ1n) is 2.93. The minimum atomic E-state index is -0.736. The van der Waals surface area contributed by atoms with Crippen LogP contribution in [0, 0.1) is 4.91 Å². The van der Waals surface area contributed by atoms with E-state index in [0.29, 0.717) is 5.56 Å². The summed E-state index contributed by atoms with van der Waals surface area (Å²) in [5.41, 5.74) is 0.312. The van der Waals surface area contributed by atoms with Gasteiger partial charge in [0.05, 0.1) is 5.56 Å². The third kappa shape index (κ3) is 5.57. The van der Waals surface area contributed by atoms with Crippen molar-refractivity contribution in [2.45, 2.75) is 0 Å². The number of nitrogens with zero attached hydrogens (tertiary/aromatic N) is 1. The van der Waals surface area contributed by atoms with Gasteiger partial charge in [-0.25, -0.2) is 4.79 Å². The SMILES string of the molecule is O=NOC(=O)c1ccccc1.[NaH].[NaH]. The van der Waals surface area contributed by atoms with Crippen molar-refractivity contribution < 1.29 is 9.63 Å². The summed E-state index contributed by atoms with van der Waals surface area (Å²) < 4.78 is 0. The molecule has 1 aromatic rings. The van der Waals surface area contributed by atoms with E-state index in [-0.39, 0.29) is 59.1 Å². The molecule has 0 amide bonds. The average molecular weight is 199 g/mol. The molecule has 1 aromatic carbocycles. The van der Waals surface area contributed by atoms with E-state index in [4.69, 9.17) is 0 Å². The molecule has 6 heteroatoms. The zero-order valence-electron chi connectivity index (χ0n) is 5.56. The molecule has 0 fully saturated rings. The van der Waals surface area contributed by atoms with Crippen LogP contribution in [0.1, 0.15) is 10.4 Å². The summed E-state index contributed by atoms with van der Waals surface area (Å²) in [6, 6.07) is 8.16. The van der Waals surface area contributed by atoms with E-state index in [1.54, 1.807) is 18.2 Å². The second-order valence-corrected chi connectivity index (χ2v) is 1.82. The van der Waals surface area contributed by atoms with Gasteiger partial charge in [0.15, 0.2) is 5.34 Å². The zero-order chi connectivity index (χ0) is 8.10. The molecule has 0 N–H and O–H groups in total. The molecule has 0 radical (unpaired) electrons. The van der Waals surface area contributed by atoms with Gasteiger partial charge in [0, 0.05) is 0 Å². The summed E-state index contributed by atoms with van der Waals surface area (Å²) in [6.07, 6.45) is 0. The van der Waals surface area contributed by atoms with Gasteiger partial charge < -0.3 is 0 Å². The van der Waals surface area contributed by atoms with E-state index in [2.05, 4.69) is 4.84 Å². The molecule has 0 aliphatic carbocycles. The fourth-order valence-electron chi connectivity index (χ4n) is 0.661. The second kappa shape index (κ2) is 8.87. The molecule has 0 aliphatic heterocycles. The van der Waals surface area contributed by atoms with Crippen LogP contribution in [0.3, 0.4) is 0 Å². The Labute approximate surface area is 120 Å². The Balaban J connectivity index is 0. The van der Waals surface area contributed by atoms with Crippen molar-refractivity contribution in [2.75, 3.05) is 0 Å². The molecule has 60 valence electrons. The maximum atomic E-state index is 10.7. The normalized spacial score (nSPS) is 7.38. The van der Waals surface area contributed by atoms with E-state index < -0.39 is 5.97 Å². The Morgan fingerprint density at radius 2 is 1.69 bits per heavy atom. The monoisotopic (exact) mass is 199 g/mol. The number of rotatable bonds is 2. The number of carbonyl (C=O) groups is 1. The van der Waals surface area contributed by atoms with Gasteiger partial charge in [-0.3, -0.25) is 4.84 Å². The van der Waals surface area contributed by atoms with Gasteiger partial charge in [0.25, 0.3) is 0 Å². The summed E-state index contributed by atoms with van der Waals surface area (Å²) in [6.45, 7) is 0. The predicted molar refractivity (Wildman–Crippen MR) is 52.0 cm³/mol. The van der Waals surface area contributed by atoms with Crippen LogP contribution in [0.4, 0.5) is 0 Å². The van der Waals surface area contributed by atoms with Crippen LogP contribution in [0.25, 0.3) is 0 Å². The summed E-state index contributed by atoms with van der Waals surface area (Å²) in [4.78, 5) is 24.1. The van der Waals surface area contributed by atoms with Crippen molar-refractivity contribution >= 4 is 65.1 Å². The van der Waals surface area contributed by atoms with Gasteiger partial charge in [0.1, 0.15) is 0 Å². The molecule has 0 saturated carbocycles. The van der Waals surface area contributed by atoms with E-state index in [1.807, 2.05) is 5.34 Å². The number of carbonyl (C=O) groups excluding carboxylic acids is 1. The van der Waals surface area contributed by atoms with Gasteiger partial charge in [-0.15, -0.1) is 4.91 Å². The van der Waals surface area contributed by atoms with E-state index in [1.165, 1.54) is 12.1 Å². The third-order valence-electron chi connectivity index (χ3n) is 1.13. The Morgan fingerprint density at radius 3 is 2.15 bits per heavy atom. The van der Waals surface area contributed by atoms with Gasteiger partial charge in [-0.1, -0.05) is 18.2 Å². The summed E-state index contributed by atoms with van der Waals surface area (Å²) in [5, 5.41) is 2.01. The van der Waals surface area contributed by atoms with Crippen LogP contribution in [0.2, 0.25) is 0 Å². The molecular weight excluding hydrogens is 192 g/mol. The zero-order valence-corrected chi connectivity index (χ0v) is 5.56. The minimum absolute atomic E-state index is 0. The Kier molecular flexibility index (Phi) is 10.7. The number of hydrogen-bond acceptors (Lipinski definition) is 4. The molecule has 0 aromatic heterocycles. The number of benzene rings is 1. The molecule has 0 aliphatic rings. The summed E-state index contributed by atoms with van der Waals surface area (Å²) in [7, 11) is 0. The van der Waals surface area contributed by atoms with E-state index >= 15 is 0 Å². The van der Waals surface area contributed by atoms with Crippen molar-refractivity contribution in [3.8, 4) is 0 Å². The molecule has 0 unspecified atom stereocenters. The average Bonchev–Trinajstić information content (AvgIpc) is 2.07. The Morgan fingerprint density at radius 1 is 1.15 bits per heavy atom. The Bertz CT molecular complexity index is 266. The van der Waals surface area contributed by atoms with Gasteiger partial charge in [0.2, 0.25) is 0 Å². The summed E-state index contributed by atoms with van der Waals surface area (Å²) in [5.74, 6) is -0.736. The molecule has 0 atom stereocenters. The first-order valence-corrected chi connectivity index (χ1v) is 2.93. The van der Waals surface area contributed by atoms with E-state index in [0.717, 1.165) is 0 Å². The number of hydrogen-bond donors (Lipinski definition) is 0. The van der Waals surface area contributed by atoms with Crippen LogP contribution in [0.15, 0.2) is 35.7 Å². The fraction of sp³-hybridized carbons (Fsp3) is 0. The summed E-state index contributed by atoms with van der Waals surface area (Å²) >= 11 is 0. The molecule has 0 bridgehead atoms. The topological polar surface area (TPSA) is 55.7 Å². The van der Waals surface area contributed by atoms with Gasteiger partial charge in [-0.2, -0.15) is 0 Å². The first-order chi connectivity index (χ1) is 5.34. The Hall–Kier alpha value is 0.290. The third-order valence-corrected chi connectivity index (χ3v) is 1.13. The quantitative estimate of drug-likeness (QED) is 0.389. The molecule has 0 spiro atoms. The van der Waals surface area contributed by atoms with Crippen molar-refractivity contribution in [1.82, 2.24) is 0 Å². The van der Waals surface area contributed by atoms with Crippen LogP contribution in [0.5, 0.6) is 0 Å². The molecular formula is C7H7NNa2O3. The molecule has 0 saturated heterocycles. The van der Waals surface area contributed by atoms with E-state index in [9.17, 15) is 9.70 Å². The fourth-order valence-corrected chi connectivity index (χ4v) is 0.661.